The van der Waals surface area contributed by atoms with Crippen LogP contribution >= 0.6 is 0 Å². The van der Waals surface area contributed by atoms with Crippen molar-refractivity contribution < 1.29 is 9.13 Å². The number of hydrogen-bond donors (Lipinski definition) is 1. The fourth-order valence-corrected chi connectivity index (χ4v) is 2.88. The molecule has 19 heavy (non-hydrogen) atoms. The molecule has 0 heterocycles. The lowest BCUT2D eigenvalue weighted by Gasteiger charge is -2.39. The molecule has 106 valence electrons. The summed E-state index contributed by atoms with van der Waals surface area (Å²) in [5.74, 6) is 0.607. The number of benzene rings is 1. The van der Waals surface area contributed by atoms with Gasteiger partial charge in [0.2, 0.25) is 0 Å². The van der Waals surface area contributed by atoms with Gasteiger partial charge in [-0.1, -0.05) is 25.5 Å². The van der Waals surface area contributed by atoms with Gasteiger partial charge in [-0.15, -0.1) is 0 Å². The van der Waals surface area contributed by atoms with Gasteiger partial charge < -0.3 is 10.5 Å². The molecule has 0 unspecified atom stereocenters. The fraction of sp³-hybridized carbons (Fsp3) is 0.625. The summed E-state index contributed by atoms with van der Waals surface area (Å²) in [6.07, 6.45) is 5.67. The summed E-state index contributed by atoms with van der Waals surface area (Å²) in [5, 5.41) is 0. The molecule has 1 aliphatic carbocycles. The van der Waals surface area contributed by atoms with Crippen LogP contribution in [0.2, 0.25) is 0 Å². The first-order valence-corrected chi connectivity index (χ1v) is 7.26. The van der Waals surface area contributed by atoms with Gasteiger partial charge in [0.1, 0.15) is 5.82 Å². The third kappa shape index (κ3) is 3.77. The number of rotatable bonds is 5. The highest BCUT2D eigenvalue weighted by Crippen LogP contribution is 2.36. The summed E-state index contributed by atoms with van der Waals surface area (Å²) in [4.78, 5) is 0. The molecule has 0 saturated heterocycles. The van der Waals surface area contributed by atoms with Crippen molar-refractivity contribution in [3.8, 4) is 0 Å². The lowest BCUT2D eigenvalue weighted by Crippen LogP contribution is -2.43. The van der Waals surface area contributed by atoms with Crippen molar-refractivity contribution in [2.24, 2.45) is 11.7 Å². The fourth-order valence-electron chi connectivity index (χ4n) is 2.88. The molecule has 2 rings (SSSR count). The van der Waals surface area contributed by atoms with Crippen LogP contribution in [0.3, 0.4) is 0 Å². The first-order valence-electron chi connectivity index (χ1n) is 7.26. The van der Waals surface area contributed by atoms with Gasteiger partial charge in [0.15, 0.2) is 0 Å². The first-order chi connectivity index (χ1) is 9.17. The van der Waals surface area contributed by atoms with Crippen molar-refractivity contribution in [2.75, 3.05) is 6.54 Å². The summed E-state index contributed by atoms with van der Waals surface area (Å²) in [6.45, 7) is 3.25. The summed E-state index contributed by atoms with van der Waals surface area (Å²) in [5.41, 5.74) is 6.60. The van der Waals surface area contributed by atoms with Crippen LogP contribution < -0.4 is 5.73 Å². The Morgan fingerprint density at radius 1 is 1.37 bits per heavy atom. The van der Waals surface area contributed by atoms with Gasteiger partial charge in [-0.25, -0.2) is 4.39 Å². The first kappa shape index (κ1) is 14.5. The zero-order valence-electron chi connectivity index (χ0n) is 11.7. The number of hydrogen-bond acceptors (Lipinski definition) is 2. The number of ether oxygens (including phenoxy) is 1. The van der Waals surface area contributed by atoms with Crippen molar-refractivity contribution in [3.63, 3.8) is 0 Å². The molecule has 2 nitrogen and oxygen atoms in total. The zero-order chi connectivity index (χ0) is 13.7. The van der Waals surface area contributed by atoms with Gasteiger partial charge in [0.05, 0.1) is 12.2 Å². The smallest absolute Gasteiger partial charge is 0.123 e. The second kappa shape index (κ2) is 6.49. The minimum Gasteiger partial charge on any atom is -0.369 e. The largest absolute Gasteiger partial charge is 0.369 e. The van der Waals surface area contributed by atoms with Crippen LogP contribution in [-0.2, 0) is 11.3 Å². The zero-order valence-corrected chi connectivity index (χ0v) is 11.7. The molecule has 0 radical (unpaired) electrons. The third-order valence-electron chi connectivity index (χ3n) is 4.40. The number of nitrogens with two attached hydrogens (primary N) is 1. The summed E-state index contributed by atoms with van der Waals surface area (Å²) >= 11 is 0. The normalized spacial score (nSPS) is 27.4. The Morgan fingerprint density at radius 2 is 2.11 bits per heavy atom. The SMILES string of the molecule is CCC1CCC(CN)(OCc2cccc(F)c2)CC1. The minimum absolute atomic E-state index is 0.196. The lowest BCUT2D eigenvalue weighted by atomic mass is 9.77. The van der Waals surface area contributed by atoms with Gasteiger partial charge in [-0.3, -0.25) is 0 Å². The van der Waals surface area contributed by atoms with Gasteiger partial charge in [0, 0.05) is 6.54 Å². The summed E-state index contributed by atoms with van der Waals surface area (Å²) in [7, 11) is 0. The van der Waals surface area contributed by atoms with Crippen LogP contribution in [0, 0.1) is 11.7 Å². The van der Waals surface area contributed by atoms with Gasteiger partial charge in [-0.05, 0) is 49.3 Å². The summed E-state index contributed by atoms with van der Waals surface area (Å²) in [6, 6.07) is 6.60. The van der Waals surface area contributed by atoms with Crippen LogP contribution in [0.5, 0.6) is 0 Å². The highest BCUT2D eigenvalue weighted by atomic mass is 19.1. The quantitative estimate of drug-likeness (QED) is 0.882. The Labute approximate surface area is 115 Å². The van der Waals surface area contributed by atoms with E-state index in [4.69, 9.17) is 10.5 Å². The molecule has 1 aromatic rings. The van der Waals surface area contributed by atoms with E-state index < -0.39 is 0 Å². The van der Waals surface area contributed by atoms with Crippen LogP contribution in [0.15, 0.2) is 24.3 Å². The van der Waals surface area contributed by atoms with Crippen molar-refractivity contribution >= 4 is 0 Å². The van der Waals surface area contributed by atoms with Crippen LogP contribution in [-0.4, -0.2) is 12.1 Å². The average molecular weight is 265 g/mol. The Bertz CT molecular complexity index is 399. The monoisotopic (exact) mass is 265 g/mol. The number of halogens is 1. The molecule has 1 aliphatic rings. The molecular weight excluding hydrogens is 241 g/mol. The van der Waals surface area contributed by atoms with Gasteiger partial charge >= 0.3 is 0 Å². The predicted molar refractivity (Wildman–Crippen MR) is 75.2 cm³/mol. The molecule has 2 N–H and O–H groups in total. The van der Waals surface area contributed by atoms with Crippen LogP contribution in [0.4, 0.5) is 4.39 Å². The molecule has 3 heteroatoms. The molecule has 0 aromatic heterocycles. The maximum absolute atomic E-state index is 13.1. The molecule has 0 amide bonds. The lowest BCUT2D eigenvalue weighted by molar-refractivity contribution is -0.0813. The van der Waals surface area contributed by atoms with Crippen LogP contribution in [0.1, 0.15) is 44.6 Å². The van der Waals surface area contributed by atoms with Gasteiger partial charge in [0.25, 0.3) is 0 Å². The van der Waals surface area contributed by atoms with E-state index in [2.05, 4.69) is 6.92 Å². The molecule has 0 spiro atoms. The Kier molecular flexibility index (Phi) is 4.94. The predicted octanol–water partition coefficient (Wildman–Crippen LogP) is 3.64. The standard InChI is InChI=1S/C16H24FNO/c1-2-13-6-8-16(12-18,9-7-13)19-11-14-4-3-5-15(17)10-14/h3-5,10,13H,2,6-9,11-12,18H2,1H3. The maximum Gasteiger partial charge on any atom is 0.123 e. The highest BCUT2D eigenvalue weighted by Gasteiger charge is 2.34. The van der Waals surface area contributed by atoms with Gasteiger partial charge in [-0.2, -0.15) is 0 Å². The van der Waals surface area contributed by atoms with Crippen molar-refractivity contribution in [1.29, 1.82) is 0 Å². The van der Waals surface area contributed by atoms with E-state index in [-0.39, 0.29) is 11.4 Å². The molecule has 1 saturated carbocycles. The molecule has 1 aromatic carbocycles. The van der Waals surface area contributed by atoms with E-state index in [0.717, 1.165) is 24.3 Å². The van der Waals surface area contributed by atoms with E-state index >= 15 is 0 Å². The van der Waals surface area contributed by atoms with E-state index in [1.165, 1.54) is 31.4 Å². The van der Waals surface area contributed by atoms with E-state index in [9.17, 15) is 4.39 Å². The molecule has 0 bridgehead atoms. The summed E-state index contributed by atoms with van der Waals surface area (Å²) < 4.78 is 19.2. The minimum atomic E-state index is -0.211. The molecule has 0 atom stereocenters. The Hall–Kier alpha value is -0.930. The van der Waals surface area contributed by atoms with E-state index in [0.29, 0.717) is 13.2 Å². The Morgan fingerprint density at radius 3 is 2.68 bits per heavy atom. The second-order valence-electron chi connectivity index (χ2n) is 5.66. The van der Waals surface area contributed by atoms with E-state index in [1.54, 1.807) is 6.07 Å². The van der Waals surface area contributed by atoms with E-state index in [1.807, 2.05) is 6.07 Å². The topological polar surface area (TPSA) is 35.2 Å². The van der Waals surface area contributed by atoms with Crippen molar-refractivity contribution in [2.45, 2.75) is 51.2 Å². The second-order valence-corrected chi connectivity index (χ2v) is 5.66. The van der Waals surface area contributed by atoms with Crippen molar-refractivity contribution in [3.05, 3.63) is 35.6 Å². The molecule has 1 fully saturated rings. The molecule has 0 aliphatic heterocycles. The van der Waals surface area contributed by atoms with Crippen LogP contribution in [0.25, 0.3) is 0 Å². The third-order valence-corrected chi connectivity index (χ3v) is 4.40. The van der Waals surface area contributed by atoms with Crippen molar-refractivity contribution in [1.82, 2.24) is 0 Å². The molecular formula is C16H24FNO. The maximum atomic E-state index is 13.1. The Balaban J connectivity index is 1.92. The highest BCUT2D eigenvalue weighted by molar-refractivity contribution is 5.15. The average Bonchev–Trinajstić information content (AvgIpc) is 2.46.